The van der Waals surface area contributed by atoms with Crippen molar-refractivity contribution >= 4 is 0 Å². The summed E-state index contributed by atoms with van der Waals surface area (Å²) in [5, 5.41) is 4.65. The third-order valence-electron chi connectivity index (χ3n) is 3.42. The summed E-state index contributed by atoms with van der Waals surface area (Å²) in [7, 11) is 1.97. The molecule has 1 heteroatoms. The lowest BCUT2D eigenvalue weighted by molar-refractivity contribution is 0.245. The van der Waals surface area contributed by atoms with Crippen LogP contribution in [-0.2, 0) is 5.54 Å². The Hall–Kier alpha value is -0.820. The summed E-state index contributed by atoms with van der Waals surface area (Å²) in [6.07, 6.45) is 6.49. The second-order valence-corrected chi connectivity index (χ2v) is 4.18. The third-order valence-corrected chi connectivity index (χ3v) is 3.42. The Bertz CT molecular complexity index is 273. The predicted octanol–water partition coefficient (Wildman–Crippen LogP) is 3.08. The molecule has 0 amide bonds. The zero-order valence-corrected chi connectivity index (χ0v) is 8.87. The van der Waals surface area contributed by atoms with E-state index in [0.717, 1.165) is 0 Å². The summed E-state index contributed by atoms with van der Waals surface area (Å²) in [6, 6.07) is 10.8. The average Bonchev–Trinajstić information content (AvgIpc) is 2.31. The summed E-state index contributed by atoms with van der Waals surface area (Å²) in [6.45, 7) is 0. The Labute approximate surface area is 86.5 Å². The van der Waals surface area contributed by atoms with Gasteiger partial charge in [-0.1, -0.05) is 49.6 Å². The van der Waals surface area contributed by atoms with Gasteiger partial charge in [0.15, 0.2) is 0 Å². The van der Waals surface area contributed by atoms with Crippen LogP contribution < -0.4 is 5.32 Å². The van der Waals surface area contributed by atoms with Crippen LogP contribution in [0.4, 0.5) is 0 Å². The highest BCUT2D eigenvalue weighted by atomic mass is 14.9. The van der Waals surface area contributed by atoms with Crippen LogP contribution in [0.2, 0.25) is 0 Å². The maximum absolute atomic E-state index is 4.65. The molecule has 75 valence electrons. The van der Waals surface area contributed by atoms with Gasteiger partial charge in [-0.25, -0.2) is 5.32 Å². The van der Waals surface area contributed by atoms with Crippen LogP contribution >= 0.6 is 0 Å². The SMILES string of the molecule is C[N]C1(c2ccccc2)CCCCC1. The standard InChI is InChI=1S/C13H18N/c1-14-13(10-6-3-7-11-13)12-8-4-2-5-9-12/h2,4-5,8-9H,3,6-7,10-11H2,1H3. The topological polar surface area (TPSA) is 14.1 Å². The molecule has 1 fully saturated rings. The molecule has 0 atom stereocenters. The van der Waals surface area contributed by atoms with Crippen LogP contribution in [0.5, 0.6) is 0 Å². The van der Waals surface area contributed by atoms with Gasteiger partial charge in [-0.3, -0.25) is 0 Å². The lowest BCUT2D eigenvalue weighted by Gasteiger charge is -2.36. The zero-order valence-electron chi connectivity index (χ0n) is 8.87. The fourth-order valence-corrected chi connectivity index (χ4v) is 2.53. The number of hydrogen-bond acceptors (Lipinski definition) is 0. The van der Waals surface area contributed by atoms with Crippen LogP contribution in [-0.4, -0.2) is 7.05 Å². The van der Waals surface area contributed by atoms with Crippen molar-refractivity contribution in [3.63, 3.8) is 0 Å². The van der Waals surface area contributed by atoms with Crippen molar-refractivity contribution in [2.45, 2.75) is 37.6 Å². The van der Waals surface area contributed by atoms with Crippen molar-refractivity contribution < 1.29 is 0 Å². The lowest BCUT2D eigenvalue weighted by Crippen LogP contribution is -2.36. The quantitative estimate of drug-likeness (QED) is 0.677. The monoisotopic (exact) mass is 188 g/mol. The molecule has 0 aromatic heterocycles. The second kappa shape index (κ2) is 4.14. The van der Waals surface area contributed by atoms with E-state index in [1.807, 2.05) is 7.05 Å². The van der Waals surface area contributed by atoms with E-state index in [0.29, 0.717) is 0 Å². The van der Waals surface area contributed by atoms with Crippen molar-refractivity contribution in [2.24, 2.45) is 0 Å². The minimum atomic E-state index is 0.138. The van der Waals surface area contributed by atoms with Gasteiger partial charge in [0.25, 0.3) is 0 Å². The minimum absolute atomic E-state index is 0.138. The molecule has 0 N–H and O–H groups in total. The Balaban J connectivity index is 2.27. The summed E-state index contributed by atoms with van der Waals surface area (Å²) in [5.41, 5.74) is 1.54. The summed E-state index contributed by atoms with van der Waals surface area (Å²) < 4.78 is 0. The van der Waals surface area contributed by atoms with Gasteiger partial charge in [-0.05, 0) is 18.4 Å². The Morgan fingerprint density at radius 1 is 1.00 bits per heavy atom. The molecule has 0 saturated heterocycles. The average molecular weight is 188 g/mol. The van der Waals surface area contributed by atoms with Gasteiger partial charge in [0.05, 0.1) is 5.54 Å². The summed E-state index contributed by atoms with van der Waals surface area (Å²) >= 11 is 0. The number of hydrogen-bond donors (Lipinski definition) is 0. The number of benzene rings is 1. The molecule has 1 aliphatic carbocycles. The van der Waals surface area contributed by atoms with Gasteiger partial charge in [-0.15, -0.1) is 0 Å². The van der Waals surface area contributed by atoms with Crippen molar-refractivity contribution in [2.75, 3.05) is 7.05 Å². The Morgan fingerprint density at radius 2 is 1.64 bits per heavy atom. The highest BCUT2D eigenvalue weighted by Crippen LogP contribution is 2.37. The van der Waals surface area contributed by atoms with E-state index in [-0.39, 0.29) is 5.54 Å². The smallest absolute Gasteiger partial charge is 0.0601 e. The van der Waals surface area contributed by atoms with Crippen molar-refractivity contribution in [1.29, 1.82) is 0 Å². The van der Waals surface area contributed by atoms with Gasteiger partial charge in [0, 0.05) is 7.05 Å². The van der Waals surface area contributed by atoms with E-state index < -0.39 is 0 Å². The molecule has 0 bridgehead atoms. The largest absolute Gasteiger partial charge is 0.234 e. The van der Waals surface area contributed by atoms with E-state index in [1.54, 1.807) is 0 Å². The maximum Gasteiger partial charge on any atom is 0.0601 e. The Morgan fingerprint density at radius 3 is 2.21 bits per heavy atom. The first-order valence-corrected chi connectivity index (χ1v) is 5.54. The molecule has 1 aliphatic rings. The molecule has 0 aliphatic heterocycles. The van der Waals surface area contributed by atoms with E-state index in [2.05, 4.69) is 35.6 Å². The lowest BCUT2D eigenvalue weighted by atomic mass is 9.77. The molecule has 2 rings (SSSR count). The fourth-order valence-electron chi connectivity index (χ4n) is 2.53. The molecule has 1 nitrogen and oxygen atoms in total. The minimum Gasteiger partial charge on any atom is -0.234 e. The van der Waals surface area contributed by atoms with Crippen LogP contribution in [0.1, 0.15) is 37.7 Å². The molecular weight excluding hydrogens is 170 g/mol. The van der Waals surface area contributed by atoms with E-state index in [4.69, 9.17) is 0 Å². The normalized spacial score (nSPS) is 20.6. The molecule has 0 spiro atoms. The van der Waals surface area contributed by atoms with Crippen molar-refractivity contribution in [3.05, 3.63) is 35.9 Å². The number of rotatable bonds is 2. The van der Waals surface area contributed by atoms with Crippen molar-refractivity contribution in [3.8, 4) is 0 Å². The highest BCUT2D eigenvalue weighted by Gasteiger charge is 2.32. The van der Waals surface area contributed by atoms with Crippen LogP contribution in [0, 0.1) is 0 Å². The van der Waals surface area contributed by atoms with E-state index in [9.17, 15) is 0 Å². The maximum atomic E-state index is 4.65. The predicted molar refractivity (Wildman–Crippen MR) is 59.3 cm³/mol. The van der Waals surface area contributed by atoms with Gasteiger partial charge < -0.3 is 0 Å². The molecule has 14 heavy (non-hydrogen) atoms. The van der Waals surface area contributed by atoms with Crippen LogP contribution in [0.25, 0.3) is 0 Å². The van der Waals surface area contributed by atoms with Crippen LogP contribution in [0.15, 0.2) is 30.3 Å². The zero-order chi connectivity index (χ0) is 9.86. The van der Waals surface area contributed by atoms with E-state index in [1.165, 1.54) is 37.7 Å². The molecule has 1 saturated carbocycles. The van der Waals surface area contributed by atoms with Crippen LogP contribution in [0.3, 0.4) is 0 Å². The van der Waals surface area contributed by atoms with Gasteiger partial charge in [-0.2, -0.15) is 0 Å². The molecule has 1 aromatic carbocycles. The first-order chi connectivity index (χ1) is 6.87. The van der Waals surface area contributed by atoms with Gasteiger partial charge >= 0.3 is 0 Å². The first-order valence-electron chi connectivity index (χ1n) is 5.54. The Kier molecular flexibility index (Phi) is 2.87. The first kappa shape index (κ1) is 9.72. The molecule has 0 unspecified atom stereocenters. The van der Waals surface area contributed by atoms with E-state index >= 15 is 0 Å². The molecule has 1 aromatic rings. The molecular formula is C13H18N. The highest BCUT2D eigenvalue weighted by molar-refractivity contribution is 5.24. The van der Waals surface area contributed by atoms with Crippen molar-refractivity contribution in [1.82, 2.24) is 5.32 Å². The van der Waals surface area contributed by atoms with Gasteiger partial charge in [0.2, 0.25) is 0 Å². The summed E-state index contributed by atoms with van der Waals surface area (Å²) in [5.74, 6) is 0. The van der Waals surface area contributed by atoms with Gasteiger partial charge in [0.1, 0.15) is 0 Å². The number of nitrogens with zero attached hydrogens (tertiary/aromatic N) is 1. The fraction of sp³-hybridized carbons (Fsp3) is 0.538. The molecule has 1 radical (unpaired) electrons. The molecule has 0 heterocycles. The summed E-state index contributed by atoms with van der Waals surface area (Å²) in [4.78, 5) is 0. The second-order valence-electron chi connectivity index (χ2n) is 4.18. The third kappa shape index (κ3) is 1.69.